The van der Waals surface area contributed by atoms with Crippen molar-refractivity contribution in [3.05, 3.63) is 164 Å². The van der Waals surface area contributed by atoms with Crippen molar-refractivity contribution in [2.75, 3.05) is 0 Å². The number of aromatic nitrogens is 3. The van der Waals surface area contributed by atoms with Crippen molar-refractivity contribution in [3.63, 3.8) is 0 Å². The van der Waals surface area contributed by atoms with Gasteiger partial charge >= 0.3 is 0 Å². The fraction of sp³-hybridized carbons (Fsp3) is 0. The summed E-state index contributed by atoms with van der Waals surface area (Å²) in [5.74, 6) is 1.67. The molecule has 5 nitrogen and oxygen atoms in total. The van der Waals surface area contributed by atoms with Gasteiger partial charge in [0.1, 0.15) is 22.3 Å². The Kier molecular flexibility index (Phi) is 6.18. The van der Waals surface area contributed by atoms with Crippen molar-refractivity contribution in [1.82, 2.24) is 15.0 Å². The molecule has 0 fully saturated rings. The lowest BCUT2D eigenvalue weighted by molar-refractivity contribution is 0.668. The third-order valence-electron chi connectivity index (χ3n) is 10.1. The smallest absolute Gasteiger partial charge is 0.167 e. The van der Waals surface area contributed by atoms with E-state index in [2.05, 4.69) is 115 Å². The summed E-state index contributed by atoms with van der Waals surface area (Å²) in [5.41, 5.74) is 7.81. The van der Waals surface area contributed by atoms with Crippen LogP contribution in [0.15, 0.2) is 173 Å². The maximum absolute atomic E-state index is 6.52. The molecule has 11 rings (SSSR count). The molecule has 0 aliphatic rings. The van der Waals surface area contributed by atoms with Crippen LogP contribution in [-0.4, -0.2) is 15.0 Å². The highest BCUT2D eigenvalue weighted by molar-refractivity contribution is 6.16. The molecule has 0 bridgehead atoms. The summed E-state index contributed by atoms with van der Waals surface area (Å²) in [6.45, 7) is 0. The van der Waals surface area contributed by atoms with Crippen molar-refractivity contribution in [3.8, 4) is 45.3 Å². The van der Waals surface area contributed by atoms with E-state index in [0.29, 0.717) is 17.5 Å². The molecular formula is C47H27N3O2. The number of nitrogens with zero attached hydrogens (tertiary/aromatic N) is 3. The Morgan fingerprint density at radius 2 is 0.942 bits per heavy atom. The highest BCUT2D eigenvalue weighted by atomic mass is 16.3. The molecule has 0 amide bonds. The van der Waals surface area contributed by atoms with E-state index in [1.165, 1.54) is 5.39 Å². The molecule has 5 heteroatoms. The van der Waals surface area contributed by atoms with Crippen LogP contribution in [0.4, 0.5) is 0 Å². The summed E-state index contributed by atoms with van der Waals surface area (Å²) >= 11 is 0. The minimum atomic E-state index is 0.534. The van der Waals surface area contributed by atoms with Gasteiger partial charge in [-0.3, -0.25) is 0 Å². The number of benzene rings is 8. The Morgan fingerprint density at radius 1 is 0.346 bits per heavy atom. The van der Waals surface area contributed by atoms with Crippen molar-refractivity contribution in [2.45, 2.75) is 0 Å². The minimum Gasteiger partial charge on any atom is -0.456 e. The lowest BCUT2D eigenvalue weighted by Crippen LogP contribution is -2.02. The number of hydrogen-bond acceptors (Lipinski definition) is 5. The largest absolute Gasteiger partial charge is 0.456 e. The number of fused-ring (bicyclic) bond motifs is 8. The molecule has 8 aromatic carbocycles. The van der Waals surface area contributed by atoms with E-state index in [-0.39, 0.29) is 0 Å². The molecule has 0 unspecified atom stereocenters. The summed E-state index contributed by atoms with van der Waals surface area (Å²) < 4.78 is 13.0. The van der Waals surface area contributed by atoms with Crippen LogP contribution in [-0.2, 0) is 0 Å². The van der Waals surface area contributed by atoms with Crippen molar-refractivity contribution in [1.29, 1.82) is 0 Å². The number of rotatable bonds is 4. The Hall–Kier alpha value is -7.11. The van der Waals surface area contributed by atoms with Crippen molar-refractivity contribution in [2.24, 2.45) is 0 Å². The maximum atomic E-state index is 6.52. The Balaban J connectivity index is 1.25. The summed E-state index contributed by atoms with van der Waals surface area (Å²) in [6, 6.07) is 56.4. The van der Waals surface area contributed by atoms with Gasteiger partial charge < -0.3 is 8.83 Å². The van der Waals surface area contributed by atoms with Gasteiger partial charge in [-0.1, -0.05) is 121 Å². The molecule has 242 valence electrons. The number of furan rings is 2. The van der Waals surface area contributed by atoms with Crippen molar-refractivity contribution >= 4 is 65.4 Å². The summed E-state index contributed by atoms with van der Waals surface area (Å²) in [6.07, 6.45) is 0. The molecule has 11 aromatic rings. The highest BCUT2D eigenvalue weighted by Crippen LogP contribution is 2.43. The third kappa shape index (κ3) is 4.46. The molecule has 3 aromatic heterocycles. The first-order chi connectivity index (χ1) is 25.7. The van der Waals surface area contributed by atoms with Gasteiger partial charge in [-0.2, -0.15) is 0 Å². The summed E-state index contributed by atoms with van der Waals surface area (Å²) in [5, 5.41) is 8.64. The topological polar surface area (TPSA) is 65.0 Å². The van der Waals surface area contributed by atoms with Crippen LogP contribution in [0.3, 0.4) is 0 Å². The Bertz CT molecular complexity index is 3210. The second-order valence-electron chi connectivity index (χ2n) is 13.2. The van der Waals surface area contributed by atoms with E-state index >= 15 is 0 Å². The minimum absolute atomic E-state index is 0.534. The average molecular weight is 666 g/mol. The zero-order valence-electron chi connectivity index (χ0n) is 27.7. The molecule has 0 radical (unpaired) electrons. The van der Waals surface area contributed by atoms with Crippen LogP contribution in [0.2, 0.25) is 0 Å². The van der Waals surface area contributed by atoms with Gasteiger partial charge in [-0.15, -0.1) is 0 Å². The second kappa shape index (κ2) is 11.2. The van der Waals surface area contributed by atoms with E-state index in [1.807, 2.05) is 48.5 Å². The van der Waals surface area contributed by atoms with Gasteiger partial charge in [0.15, 0.2) is 17.5 Å². The molecule has 0 atom stereocenters. The summed E-state index contributed by atoms with van der Waals surface area (Å²) in [7, 11) is 0. The van der Waals surface area contributed by atoms with Gasteiger partial charge in [0, 0.05) is 32.7 Å². The quantitative estimate of drug-likeness (QED) is 0.187. The molecule has 0 saturated heterocycles. The Morgan fingerprint density at radius 3 is 1.73 bits per heavy atom. The molecular weight excluding hydrogens is 639 g/mol. The lowest BCUT2D eigenvalue weighted by Gasteiger charge is -2.14. The second-order valence-corrected chi connectivity index (χ2v) is 13.2. The maximum Gasteiger partial charge on any atom is 0.167 e. The van der Waals surface area contributed by atoms with E-state index in [9.17, 15) is 0 Å². The molecule has 3 heterocycles. The predicted molar refractivity (Wildman–Crippen MR) is 211 cm³/mol. The summed E-state index contributed by atoms with van der Waals surface area (Å²) in [4.78, 5) is 15.9. The molecule has 0 aliphatic heterocycles. The standard InChI is InChI=1S/C47H27N3O2/c1-3-12-30-26-32(22-20-28(30)10-1)34-24-25-41-42(37-15-6-8-19-40(37)51-41)43(34)47-49-45(33-23-21-29-11-2-4-13-31(29)27-33)48-46(50-47)38-17-9-16-36-35-14-5-7-18-39(35)52-44(36)38/h1-27H. The molecule has 0 aliphatic carbocycles. The first kappa shape index (κ1) is 28.7. The van der Waals surface area contributed by atoms with E-state index < -0.39 is 0 Å². The van der Waals surface area contributed by atoms with Gasteiger partial charge in [0.25, 0.3) is 0 Å². The first-order valence-electron chi connectivity index (χ1n) is 17.3. The van der Waals surface area contributed by atoms with E-state index in [4.69, 9.17) is 23.8 Å². The predicted octanol–water partition coefficient (Wildman–Crippen LogP) is 12.6. The number of para-hydroxylation sites is 3. The zero-order chi connectivity index (χ0) is 34.2. The van der Waals surface area contributed by atoms with Gasteiger partial charge in [0.05, 0.1) is 5.56 Å². The first-order valence-corrected chi connectivity index (χ1v) is 17.3. The Labute approximate surface area is 297 Å². The normalized spacial score (nSPS) is 11.8. The van der Waals surface area contributed by atoms with Crippen LogP contribution in [0.1, 0.15) is 0 Å². The van der Waals surface area contributed by atoms with Crippen LogP contribution in [0.5, 0.6) is 0 Å². The van der Waals surface area contributed by atoms with Crippen molar-refractivity contribution < 1.29 is 8.83 Å². The average Bonchev–Trinajstić information content (AvgIpc) is 3.78. The van der Waals surface area contributed by atoms with Gasteiger partial charge in [-0.05, 0) is 75.1 Å². The monoisotopic (exact) mass is 665 g/mol. The highest BCUT2D eigenvalue weighted by Gasteiger charge is 2.23. The van der Waals surface area contributed by atoms with Crippen LogP contribution >= 0.6 is 0 Å². The van der Waals surface area contributed by atoms with E-state index in [0.717, 1.165) is 87.9 Å². The molecule has 0 saturated carbocycles. The lowest BCUT2D eigenvalue weighted by atomic mass is 9.93. The van der Waals surface area contributed by atoms with Gasteiger partial charge in [0.2, 0.25) is 0 Å². The molecule has 0 spiro atoms. The zero-order valence-corrected chi connectivity index (χ0v) is 27.7. The molecule has 0 N–H and O–H groups in total. The fourth-order valence-corrected chi connectivity index (χ4v) is 7.64. The van der Waals surface area contributed by atoms with E-state index in [1.54, 1.807) is 0 Å². The third-order valence-corrected chi connectivity index (χ3v) is 10.1. The number of hydrogen-bond donors (Lipinski definition) is 0. The fourth-order valence-electron chi connectivity index (χ4n) is 7.64. The van der Waals surface area contributed by atoms with Crippen LogP contribution < -0.4 is 0 Å². The van der Waals surface area contributed by atoms with Crippen LogP contribution in [0, 0.1) is 0 Å². The molecule has 52 heavy (non-hydrogen) atoms. The van der Waals surface area contributed by atoms with Crippen LogP contribution in [0.25, 0.3) is 111 Å². The van der Waals surface area contributed by atoms with Gasteiger partial charge in [-0.25, -0.2) is 15.0 Å². The SMILES string of the molecule is c1ccc2cc(-c3nc(-c4cccc5c4oc4ccccc45)nc(-c4c(-c5ccc6ccccc6c5)ccc5oc6ccccc6c45)n3)ccc2c1.